The number of anilines is 1. The summed E-state index contributed by atoms with van der Waals surface area (Å²) in [4.78, 5) is 25.1. The molecule has 1 N–H and O–H groups in total. The highest BCUT2D eigenvalue weighted by Crippen LogP contribution is 2.28. The van der Waals surface area contributed by atoms with E-state index in [0.717, 1.165) is 17.0 Å². The first-order valence-electron chi connectivity index (χ1n) is 10.4. The molecule has 1 amide bonds. The van der Waals surface area contributed by atoms with E-state index >= 15 is 0 Å². The number of aromatic nitrogens is 1. The average molecular weight is 437 g/mol. The normalized spacial score (nSPS) is 10.5. The predicted molar refractivity (Wildman–Crippen MR) is 123 cm³/mol. The van der Waals surface area contributed by atoms with E-state index in [-0.39, 0.29) is 18.3 Å². The number of nitrogens with zero attached hydrogens (tertiary/aromatic N) is 1. The van der Waals surface area contributed by atoms with Gasteiger partial charge in [0.2, 0.25) is 5.91 Å². The highest BCUT2D eigenvalue weighted by Gasteiger charge is 2.20. The van der Waals surface area contributed by atoms with E-state index in [0.29, 0.717) is 35.9 Å². The predicted octanol–water partition coefficient (Wildman–Crippen LogP) is 4.69. The minimum atomic E-state index is -0.367. The zero-order valence-electron chi connectivity index (χ0n) is 18.8. The Morgan fingerprint density at radius 1 is 0.969 bits per heavy atom. The molecule has 0 aliphatic heterocycles. The molecule has 2 aromatic carbocycles. The van der Waals surface area contributed by atoms with Crippen LogP contribution in [0.25, 0.3) is 11.3 Å². The lowest BCUT2D eigenvalue weighted by Gasteiger charge is -2.13. The van der Waals surface area contributed by atoms with E-state index < -0.39 is 0 Å². The number of amides is 1. The number of rotatable bonds is 9. The van der Waals surface area contributed by atoms with Crippen LogP contribution in [0.1, 0.15) is 29.4 Å². The Balaban J connectivity index is 1.82. The quantitative estimate of drug-likeness (QED) is 0.493. The molecular formula is C25H28N2O5. The molecule has 0 bridgehead atoms. The molecule has 0 spiro atoms. The molecule has 7 heteroatoms. The lowest BCUT2D eigenvalue weighted by Crippen LogP contribution is -2.16. The summed E-state index contributed by atoms with van der Waals surface area (Å²) < 4.78 is 17.7. The molecule has 0 atom stereocenters. The van der Waals surface area contributed by atoms with Crippen LogP contribution in [0, 0.1) is 6.92 Å². The topological polar surface area (TPSA) is 78.8 Å². The number of benzene rings is 2. The van der Waals surface area contributed by atoms with Crippen molar-refractivity contribution in [3.8, 4) is 22.8 Å². The van der Waals surface area contributed by atoms with Gasteiger partial charge in [-0.3, -0.25) is 4.79 Å². The maximum atomic E-state index is 12.7. The van der Waals surface area contributed by atoms with Crippen LogP contribution in [-0.4, -0.2) is 37.3 Å². The minimum absolute atomic E-state index is 0.162. The van der Waals surface area contributed by atoms with Gasteiger partial charge in [-0.1, -0.05) is 30.3 Å². The first kappa shape index (κ1) is 22.9. The van der Waals surface area contributed by atoms with E-state index in [1.54, 1.807) is 39.3 Å². The molecule has 0 unspecified atom stereocenters. The van der Waals surface area contributed by atoms with Gasteiger partial charge in [0, 0.05) is 48.2 Å². The van der Waals surface area contributed by atoms with Crippen molar-refractivity contribution in [1.82, 2.24) is 4.57 Å². The van der Waals surface area contributed by atoms with Crippen molar-refractivity contribution in [2.75, 3.05) is 26.1 Å². The van der Waals surface area contributed by atoms with Gasteiger partial charge in [-0.15, -0.1) is 0 Å². The van der Waals surface area contributed by atoms with Crippen LogP contribution in [0.5, 0.6) is 11.5 Å². The average Bonchev–Trinajstić information content (AvgIpc) is 3.14. The van der Waals surface area contributed by atoms with Crippen LogP contribution in [0.3, 0.4) is 0 Å². The number of carbonyl (C=O) groups excluding carboxylic acids is 2. The van der Waals surface area contributed by atoms with Gasteiger partial charge in [-0.2, -0.15) is 0 Å². The van der Waals surface area contributed by atoms with Crippen LogP contribution in [0.15, 0.2) is 54.6 Å². The van der Waals surface area contributed by atoms with Crippen molar-refractivity contribution in [1.29, 1.82) is 0 Å². The molecule has 0 aliphatic rings. The highest BCUT2D eigenvalue weighted by molar-refractivity contribution is 5.93. The van der Waals surface area contributed by atoms with Gasteiger partial charge in [0.25, 0.3) is 0 Å². The highest BCUT2D eigenvalue weighted by atomic mass is 16.5. The Morgan fingerprint density at radius 2 is 1.62 bits per heavy atom. The fourth-order valence-corrected chi connectivity index (χ4v) is 3.51. The van der Waals surface area contributed by atoms with Gasteiger partial charge < -0.3 is 24.1 Å². The summed E-state index contributed by atoms with van der Waals surface area (Å²) >= 11 is 0. The second kappa shape index (κ2) is 10.5. The standard InChI is InChI=1S/C25H28N2O5/c1-5-32-25(29)22-16-23(18-9-7-6-8-10-18)27(17(22)2)12-11-24(28)26-19-13-20(30-3)15-21(14-19)31-4/h6-10,13-16H,5,11-12H2,1-4H3,(H,26,28). The van der Waals surface area contributed by atoms with Gasteiger partial charge in [0.1, 0.15) is 11.5 Å². The summed E-state index contributed by atoms with van der Waals surface area (Å²) in [5.74, 6) is 0.650. The molecule has 32 heavy (non-hydrogen) atoms. The largest absolute Gasteiger partial charge is 0.497 e. The van der Waals surface area contributed by atoms with Gasteiger partial charge >= 0.3 is 5.97 Å². The summed E-state index contributed by atoms with van der Waals surface area (Å²) in [7, 11) is 3.11. The molecule has 0 saturated heterocycles. The van der Waals surface area contributed by atoms with Crippen LogP contribution in [0.2, 0.25) is 0 Å². The SMILES string of the molecule is CCOC(=O)c1cc(-c2ccccc2)n(CCC(=O)Nc2cc(OC)cc(OC)c2)c1C. The lowest BCUT2D eigenvalue weighted by atomic mass is 10.1. The van der Waals surface area contributed by atoms with Crippen molar-refractivity contribution in [2.24, 2.45) is 0 Å². The molecule has 1 heterocycles. The number of carbonyl (C=O) groups is 2. The van der Waals surface area contributed by atoms with Crippen LogP contribution < -0.4 is 14.8 Å². The van der Waals surface area contributed by atoms with E-state index in [9.17, 15) is 9.59 Å². The smallest absolute Gasteiger partial charge is 0.339 e. The Kier molecular flexibility index (Phi) is 7.54. The van der Waals surface area contributed by atoms with Gasteiger partial charge in [-0.25, -0.2) is 4.79 Å². The molecule has 0 aliphatic carbocycles. The third-order valence-corrected chi connectivity index (χ3v) is 5.13. The number of hydrogen-bond donors (Lipinski definition) is 1. The Morgan fingerprint density at radius 3 is 2.22 bits per heavy atom. The van der Waals surface area contributed by atoms with Crippen molar-refractivity contribution in [3.05, 3.63) is 65.9 Å². The number of methoxy groups -OCH3 is 2. The second-order valence-corrected chi connectivity index (χ2v) is 7.17. The fourth-order valence-electron chi connectivity index (χ4n) is 3.51. The van der Waals surface area contributed by atoms with E-state index in [2.05, 4.69) is 5.32 Å². The molecule has 1 aromatic heterocycles. The number of esters is 1. The van der Waals surface area contributed by atoms with Crippen LogP contribution in [0.4, 0.5) is 5.69 Å². The van der Waals surface area contributed by atoms with Gasteiger partial charge in [0.05, 0.1) is 26.4 Å². The van der Waals surface area contributed by atoms with E-state index in [4.69, 9.17) is 14.2 Å². The van der Waals surface area contributed by atoms with Crippen molar-refractivity contribution in [2.45, 2.75) is 26.8 Å². The minimum Gasteiger partial charge on any atom is -0.497 e. The third kappa shape index (κ3) is 5.29. The fraction of sp³-hybridized carbons (Fsp3) is 0.280. The molecule has 0 saturated carbocycles. The summed E-state index contributed by atoms with van der Waals surface area (Å²) in [6.45, 7) is 4.35. The second-order valence-electron chi connectivity index (χ2n) is 7.17. The molecule has 0 radical (unpaired) electrons. The van der Waals surface area contributed by atoms with Crippen LogP contribution in [-0.2, 0) is 16.1 Å². The van der Waals surface area contributed by atoms with E-state index in [1.807, 2.05) is 47.9 Å². The Labute approximate surface area is 187 Å². The van der Waals surface area contributed by atoms with Gasteiger partial charge in [-0.05, 0) is 25.5 Å². The zero-order valence-corrected chi connectivity index (χ0v) is 18.8. The molecule has 7 nitrogen and oxygen atoms in total. The lowest BCUT2D eigenvalue weighted by molar-refractivity contribution is -0.116. The monoisotopic (exact) mass is 436 g/mol. The molecule has 3 aromatic rings. The number of nitrogens with one attached hydrogen (secondary N) is 1. The molecule has 3 rings (SSSR count). The molecule has 168 valence electrons. The maximum absolute atomic E-state index is 12.7. The molecule has 0 fully saturated rings. The molecular weight excluding hydrogens is 408 g/mol. The number of ether oxygens (including phenoxy) is 3. The third-order valence-electron chi connectivity index (χ3n) is 5.13. The maximum Gasteiger partial charge on any atom is 0.339 e. The van der Waals surface area contributed by atoms with Crippen molar-refractivity contribution in [3.63, 3.8) is 0 Å². The first-order valence-corrected chi connectivity index (χ1v) is 10.4. The number of hydrogen-bond acceptors (Lipinski definition) is 5. The summed E-state index contributed by atoms with van der Waals surface area (Å²) in [6.07, 6.45) is 0.219. The first-order chi connectivity index (χ1) is 15.5. The summed E-state index contributed by atoms with van der Waals surface area (Å²) in [6, 6.07) is 16.8. The summed E-state index contributed by atoms with van der Waals surface area (Å²) in [5, 5.41) is 2.89. The van der Waals surface area contributed by atoms with E-state index in [1.165, 1.54) is 0 Å². The van der Waals surface area contributed by atoms with Crippen molar-refractivity contribution >= 4 is 17.6 Å². The van der Waals surface area contributed by atoms with Crippen molar-refractivity contribution < 1.29 is 23.8 Å². The Hall–Kier alpha value is -3.74. The zero-order chi connectivity index (χ0) is 23.1. The van der Waals surface area contributed by atoms with Crippen LogP contribution >= 0.6 is 0 Å². The summed E-state index contributed by atoms with van der Waals surface area (Å²) in [5.41, 5.74) is 3.68. The van der Waals surface area contributed by atoms with Gasteiger partial charge in [0.15, 0.2) is 0 Å². The Bertz CT molecular complexity index is 1070.